The van der Waals surface area contributed by atoms with Crippen LogP contribution in [-0.2, 0) is 0 Å². The maximum atomic E-state index is 12.9. The van der Waals surface area contributed by atoms with Gasteiger partial charge in [0.1, 0.15) is 5.82 Å². The molecule has 0 unspecified atom stereocenters. The van der Waals surface area contributed by atoms with Crippen LogP contribution in [0.3, 0.4) is 0 Å². The molecule has 1 N–H and O–H groups in total. The van der Waals surface area contributed by atoms with Crippen molar-refractivity contribution in [1.29, 1.82) is 0 Å². The van der Waals surface area contributed by atoms with Gasteiger partial charge in [0.05, 0.1) is 11.0 Å². The van der Waals surface area contributed by atoms with E-state index >= 15 is 0 Å². The standard InChI is InChI=1S/C23H24FN3O2/c24-18-9-7-16(8-10-18)21(28)6-3-13-27-14-11-17(12-15-27)22(29)23-25-19-4-1-2-5-20(19)26-23/h1-2,4-5,7-10,17H,3,6,11-15H2,(H,25,26). The summed E-state index contributed by atoms with van der Waals surface area (Å²) in [6.45, 7) is 2.53. The zero-order chi connectivity index (χ0) is 20.2. The molecule has 1 fully saturated rings. The van der Waals surface area contributed by atoms with Crippen molar-refractivity contribution in [2.24, 2.45) is 5.92 Å². The van der Waals surface area contributed by atoms with Gasteiger partial charge in [-0.1, -0.05) is 12.1 Å². The predicted octanol–water partition coefficient (Wildman–Crippen LogP) is 4.26. The molecule has 1 saturated heterocycles. The number of aromatic nitrogens is 2. The van der Waals surface area contributed by atoms with Gasteiger partial charge in [-0.15, -0.1) is 0 Å². The summed E-state index contributed by atoms with van der Waals surface area (Å²) in [4.78, 5) is 34.8. The number of fused-ring (bicyclic) bond motifs is 1. The van der Waals surface area contributed by atoms with Gasteiger partial charge in [-0.2, -0.15) is 0 Å². The Hall–Kier alpha value is -2.86. The largest absolute Gasteiger partial charge is 0.335 e. The molecule has 2 heterocycles. The summed E-state index contributed by atoms with van der Waals surface area (Å²) in [7, 11) is 0. The number of carbonyl (C=O) groups excluding carboxylic acids is 2. The van der Waals surface area contributed by atoms with Crippen molar-refractivity contribution in [2.45, 2.75) is 25.7 Å². The Morgan fingerprint density at radius 3 is 2.52 bits per heavy atom. The summed E-state index contributed by atoms with van der Waals surface area (Å²) in [5.41, 5.74) is 2.26. The number of halogens is 1. The number of para-hydroxylation sites is 2. The molecule has 2 aromatic carbocycles. The molecule has 1 aliphatic heterocycles. The Morgan fingerprint density at radius 1 is 1.07 bits per heavy atom. The van der Waals surface area contributed by atoms with E-state index in [1.54, 1.807) is 0 Å². The van der Waals surface area contributed by atoms with Crippen molar-refractivity contribution in [3.05, 3.63) is 65.7 Å². The number of benzene rings is 2. The van der Waals surface area contributed by atoms with E-state index in [-0.39, 0.29) is 23.3 Å². The first-order valence-electron chi connectivity index (χ1n) is 10.1. The average molecular weight is 393 g/mol. The van der Waals surface area contributed by atoms with Crippen LogP contribution in [-0.4, -0.2) is 46.1 Å². The molecule has 4 rings (SSSR count). The maximum Gasteiger partial charge on any atom is 0.201 e. The fourth-order valence-corrected chi connectivity index (χ4v) is 3.92. The number of piperidine rings is 1. The number of hydrogen-bond donors (Lipinski definition) is 1. The van der Waals surface area contributed by atoms with Crippen LogP contribution in [0.4, 0.5) is 4.39 Å². The molecule has 1 aliphatic rings. The van der Waals surface area contributed by atoms with Gasteiger partial charge in [0, 0.05) is 17.9 Å². The molecule has 150 valence electrons. The number of nitrogens with zero attached hydrogens (tertiary/aromatic N) is 2. The number of H-pyrrole nitrogens is 1. The van der Waals surface area contributed by atoms with Gasteiger partial charge in [-0.05, 0) is 75.3 Å². The van der Waals surface area contributed by atoms with E-state index in [0.29, 0.717) is 17.8 Å². The van der Waals surface area contributed by atoms with Crippen LogP contribution in [0.25, 0.3) is 11.0 Å². The number of aromatic amines is 1. The van der Waals surface area contributed by atoms with E-state index < -0.39 is 0 Å². The van der Waals surface area contributed by atoms with Crippen LogP contribution in [0, 0.1) is 11.7 Å². The molecule has 3 aromatic rings. The highest BCUT2D eigenvalue weighted by Gasteiger charge is 2.27. The number of imidazole rings is 1. The minimum Gasteiger partial charge on any atom is -0.335 e. The molecule has 1 aromatic heterocycles. The quantitative estimate of drug-likeness (QED) is 0.609. The molecule has 0 saturated carbocycles. The molecule has 0 atom stereocenters. The van der Waals surface area contributed by atoms with Crippen LogP contribution < -0.4 is 0 Å². The number of likely N-dealkylation sites (tertiary alicyclic amines) is 1. The molecular weight excluding hydrogens is 369 g/mol. The highest BCUT2D eigenvalue weighted by atomic mass is 19.1. The Bertz CT molecular complexity index is 971. The van der Waals surface area contributed by atoms with Gasteiger partial charge in [-0.3, -0.25) is 9.59 Å². The Kier molecular flexibility index (Phi) is 5.81. The number of nitrogens with one attached hydrogen (secondary N) is 1. The number of rotatable bonds is 7. The second kappa shape index (κ2) is 8.66. The third kappa shape index (κ3) is 4.59. The summed E-state index contributed by atoms with van der Waals surface area (Å²) in [6.07, 6.45) is 2.82. The minimum absolute atomic E-state index is 0.00680. The summed E-state index contributed by atoms with van der Waals surface area (Å²) in [5, 5.41) is 0. The zero-order valence-electron chi connectivity index (χ0n) is 16.2. The summed E-state index contributed by atoms with van der Waals surface area (Å²) >= 11 is 0. The lowest BCUT2D eigenvalue weighted by molar-refractivity contribution is 0.0828. The Morgan fingerprint density at radius 2 is 1.79 bits per heavy atom. The van der Waals surface area contributed by atoms with Crippen molar-refractivity contribution in [3.8, 4) is 0 Å². The second-order valence-electron chi connectivity index (χ2n) is 7.62. The van der Waals surface area contributed by atoms with Crippen molar-refractivity contribution >= 4 is 22.6 Å². The third-order valence-corrected chi connectivity index (χ3v) is 5.63. The number of Topliss-reactive ketones (excluding diaryl/α,β-unsaturated/α-hetero) is 2. The molecular formula is C23H24FN3O2. The number of hydrogen-bond acceptors (Lipinski definition) is 4. The van der Waals surface area contributed by atoms with E-state index in [2.05, 4.69) is 14.9 Å². The van der Waals surface area contributed by atoms with Gasteiger partial charge in [0.15, 0.2) is 11.6 Å². The first-order valence-corrected chi connectivity index (χ1v) is 10.1. The van der Waals surface area contributed by atoms with Gasteiger partial charge < -0.3 is 9.88 Å². The lowest BCUT2D eigenvalue weighted by Gasteiger charge is -2.30. The monoisotopic (exact) mass is 393 g/mol. The second-order valence-corrected chi connectivity index (χ2v) is 7.62. The van der Waals surface area contributed by atoms with Crippen LogP contribution in [0.15, 0.2) is 48.5 Å². The molecule has 0 radical (unpaired) electrons. The van der Waals surface area contributed by atoms with Gasteiger partial charge in [0.2, 0.25) is 5.78 Å². The first-order chi connectivity index (χ1) is 14.1. The van der Waals surface area contributed by atoms with Gasteiger partial charge in [0.25, 0.3) is 0 Å². The van der Waals surface area contributed by atoms with E-state index in [1.165, 1.54) is 24.3 Å². The van der Waals surface area contributed by atoms with Crippen molar-refractivity contribution < 1.29 is 14.0 Å². The summed E-state index contributed by atoms with van der Waals surface area (Å²) in [6, 6.07) is 13.4. The number of carbonyl (C=O) groups is 2. The van der Waals surface area contributed by atoms with E-state index in [1.807, 2.05) is 24.3 Å². The number of ketones is 2. The summed E-state index contributed by atoms with van der Waals surface area (Å²) in [5.74, 6) is 0.246. The average Bonchev–Trinajstić information content (AvgIpc) is 3.18. The van der Waals surface area contributed by atoms with Crippen molar-refractivity contribution in [2.75, 3.05) is 19.6 Å². The predicted molar refractivity (Wildman–Crippen MR) is 110 cm³/mol. The zero-order valence-corrected chi connectivity index (χ0v) is 16.2. The third-order valence-electron chi connectivity index (χ3n) is 5.63. The highest BCUT2D eigenvalue weighted by Crippen LogP contribution is 2.22. The minimum atomic E-state index is -0.332. The topological polar surface area (TPSA) is 66.1 Å². The maximum absolute atomic E-state index is 12.9. The van der Waals surface area contributed by atoms with Gasteiger partial charge in [-0.25, -0.2) is 9.37 Å². The Balaban J connectivity index is 1.23. The normalized spacial score (nSPS) is 15.6. The van der Waals surface area contributed by atoms with Gasteiger partial charge >= 0.3 is 0 Å². The summed E-state index contributed by atoms with van der Waals surface area (Å²) < 4.78 is 12.9. The van der Waals surface area contributed by atoms with E-state index in [4.69, 9.17) is 0 Å². The molecule has 0 aliphatic carbocycles. The molecule has 5 nitrogen and oxygen atoms in total. The van der Waals surface area contributed by atoms with Crippen molar-refractivity contribution in [1.82, 2.24) is 14.9 Å². The molecule has 0 bridgehead atoms. The Labute approximate surface area is 168 Å². The molecule has 0 spiro atoms. The lowest BCUT2D eigenvalue weighted by atomic mass is 9.92. The fraction of sp³-hybridized carbons (Fsp3) is 0.348. The van der Waals surface area contributed by atoms with Crippen LogP contribution in [0.1, 0.15) is 46.7 Å². The highest BCUT2D eigenvalue weighted by molar-refractivity contribution is 5.97. The van der Waals surface area contributed by atoms with Crippen molar-refractivity contribution in [3.63, 3.8) is 0 Å². The van der Waals surface area contributed by atoms with Crippen LogP contribution in [0.2, 0.25) is 0 Å². The van der Waals surface area contributed by atoms with E-state index in [9.17, 15) is 14.0 Å². The van der Waals surface area contributed by atoms with Crippen LogP contribution in [0.5, 0.6) is 0 Å². The van der Waals surface area contributed by atoms with E-state index in [0.717, 1.165) is 49.9 Å². The smallest absolute Gasteiger partial charge is 0.201 e. The van der Waals surface area contributed by atoms with Crippen LogP contribution >= 0.6 is 0 Å². The first kappa shape index (κ1) is 19.5. The lowest BCUT2D eigenvalue weighted by Crippen LogP contribution is -2.37. The fourth-order valence-electron chi connectivity index (χ4n) is 3.92. The molecule has 29 heavy (non-hydrogen) atoms. The molecule has 0 amide bonds. The SMILES string of the molecule is O=C(CCCN1CCC(C(=O)c2nc3ccccc3[nH]2)CC1)c1ccc(F)cc1. The molecule has 6 heteroatoms.